The number of anilines is 3. The molecule has 15 heavy (non-hydrogen) atoms. The maximum Gasteiger partial charge on any atom is 0.0907 e. The molecule has 0 amide bonds. The van der Waals surface area contributed by atoms with Gasteiger partial charge in [-0.2, -0.15) is 0 Å². The lowest BCUT2D eigenvalue weighted by Gasteiger charge is -2.27. The topological polar surface area (TPSA) is 73.2 Å². The van der Waals surface area contributed by atoms with E-state index in [4.69, 9.17) is 0 Å². The summed E-state index contributed by atoms with van der Waals surface area (Å²) in [7, 11) is 4.21. The Morgan fingerprint density at radius 3 is 1.93 bits per heavy atom. The Morgan fingerprint density at radius 2 is 1.53 bits per heavy atom. The number of rotatable bonds is 3. The van der Waals surface area contributed by atoms with Gasteiger partial charge in [-0.3, -0.25) is 20.5 Å². The molecule has 0 saturated heterocycles. The minimum atomic E-state index is 0.347. The average molecular weight is 212 g/mol. The molecule has 1 aromatic carbocycles. The molecule has 0 fully saturated rings. The van der Waals surface area contributed by atoms with Crippen LogP contribution in [0.5, 0.6) is 0 Å². The normalized spacial score (nSPS) is 10.0. The number of nitrogens with zero attached hydrogens (tertiary/aromatic N) is 3. The predicted octanol–water partition coefficient (Wildman–Crippen LogP) is 1.27. The first-order valence-electron chi connectivity index (χ1n) is 4.33. The van der Waals surface area contributed by atoms with E-state index >= 15 is 0 Å². The summed E-state index contributed by atoms with van der Waals surface area (Å²) in [5.41, 5.74) is 1.15. The first kappa shape index (κ1) is 11.6. The van der Waals surface area contributed by atoms with Crippen LogP contribution in [0.4, 0.5) is 17.1 Å². The van der Waals surface area contributed by atoms with Crippen molar-refractivity contribution < 1.29 is 10.4 Å². The summed E-state index contributed by atoms with van der Waals surface area (Å²) in [6.45, 7) is 0. The van der Waals surface area contributed by atoms with Crippen molar-refractivity contribution in [3.05, 3.63) is 23.4 Å². The van der Waals surface area contributed by atoms with Crippen LogP contribution in [0, 0.1) is 5.21 Å². The molecule has 0 radical (unpaired) electrons. The van der Waals surface area contributed by atoms with E-state index < -0.39 is 0 Å². The van der Waals surface area contributed by atoms with Crippen LogP contribution < -0.4 is 15.2 Å². The molecule has 0 unspecified atom stereocenters. The summed E-state index contributed by atoms with van der Waals surface area (Å²) < 4.78 is 0. The zero-order chi connectivity index (χ0) is 11.6. The Kier molecular flexibility index (Phi) is 3.35. The van der Waals surface area contributed by atoms with E-state index in [0.29, 0.717) is 22.1 Å². The van der Waals surface area contributed by atoms with E-state index in [2.05, 4.69) is 0 Å². The maximum atomic E-state index is 11.0. The van der Waals surface area contributed by atoms with Crippen LogP contribution in [0.1, 0.15) is 0 Å². The second kappa shape index (κ2) is 4.35. The second-order valence-corrected chi connectivity index (χ2v) is 3.22. The average Bonchev–Trinajstić information content (AvgIpc) is 2.16. The highest BCUT2D eigenvalue weighted by Gasteiger charge is 2.09. The monoisotopic (exact) mass is 212 g/mol. The van der Waals surface area contributed by atoms with E-state index in [9.17, 15) is 15.6 Å². The Hall–Kier alpha value is -1.50. The van der Waals surface area contributed by atoms with Gasteiger partial charge in [0.15, 0.2) is 0 Å². The summed E-state index contributed by atoms with van der Waals surface area (Å²) in [6, 6.07) is 4.59. The van der Waals surface area contributed by atoms with Gasteiger partial charge >= 0.3 is 0 Å². The molecule has 0 spiro atoms. The first-order chi connectivity index (χ1) is 6.93. The summed E-state index contributed by atoms with van der Waals surface area (Å²) in [5, 5.41) is 32.1. The van der Waals surface area contributed by atoms with Gasteiger partial charge in [0.1, 0.15) is 0 Å². The van der Waals surface area contributed by atoms with Crippen molar-refractivity contribution in [1.29, 1.82) is 0 Å². The van der Waals surface area contributed by atoms with Gasteiger partial charge in [0.05, 0.1) is 11.4 Å². The number of hydrogen-bond donors (Lipinski definition) is 2. The highest BCUT2D eigenvalue weighted by atomic mass is 16.5. The molecule has 0 aliphatic heterocycles. The van der Waals surface area contributed by atoms with Crippen molar-refractivity contribution in [1.82, 2.24) is 0 Å². The van der Waals surface area contributed by atoms with Crippen molar-refractivity contribution in [2.75, 3.05) is 36.3 Å². The third kappa shape index (κ3) is 2.50. The molecule has 0 aliphatic rings. The zero-order valence-corrected chi connectivity index (χ0v) is 8.88. The third-order valence-corrected chi connectivity index (χ3v) is 2.02. The summed E-state index contributed by atoms with van der Waals surface area (Å²) in [4.78, 5) is 0. The van der Waals surface area contributed by atoms with Crippen LogP contribution in [0.15, 0.2) is 18.2 Å². The molecule has 0 atom stereocenters. The number of hydroxylamine groups is 3. The van der Waals surface area contributed by atoms with Crippen molar-refractivity contribution in [2.45, 2.75) is 0 Å². The first-order valence-corrected chi connectivity index (χ1v) is 4.33. The molecule has 6 nitrogen and oxygen atoms in total. The minimum Gasteiger partial charge on any atom is -0.758 e. The van der Waals surface area contributed by atoms with Crippen LogP contribution in [0.3, 0.4) is 0 Å². The molecule has 84 valence electrons. The van der Waals surface area contributed by atoms with Crippen molar-refractivity contribution in [3.8, 4) is 0 Å². The van der Waals surface area contributed by atoms with Gasteiger partial charge in [-0.25, -0.2) is 0 Å². The molecule has 1 aromatic rings. The Bertz CT molecular complexity index is 339. The second-order valence-electron chi connectivity index (χ2n) is 3.22. The van der Waals surface area contributed by atoms with Crippen LogP contribution >= 0.6 is 0 Å². The zero-order valence-electron chi connectivity index (χ0n) is 8.88. The van der Waals surface area contributed by atoms with E-state index in [-0.39, 0.29) is 0 Å². The molecule has 0 bridgehead atoms. The Labute approximate surface area is 88.1 Å². The Morgan fingerprint density at radius 1 is 1.00 bits per heavy atom. The summed E-state index contributed by atoms with van der Waals surface area (Å²) in [6.07, 6.45) is 0. The smallest absolute Gasteiger partial charge is 0.0907 e. The predicted molar refractivity (Wildman–Crippen MR) is 58.6 cm³/mol. The van der Waals surface area contributed by atoms with Gasteiger partial charge in [-0.05, 0) is 25.2 Å². The molecule has 0 aromatic heterocycles. The van der Waals surface area contributed by atoms with E-state index in [0.717, 1.165) is 10.1 Å². The molecular formula is C9H14N3O3-. The molecule has 0 heterocycles. The molecule has 6 heteroatoms. The highest BCUT2D eigenvalue weighted by molar-refractivity contribution is 5.74. The van der Waals surface area contributed by atoms with Crippen molar-refractivity contribution >= 4 is 17.1 Å². The highest BCUT2D eigenvalue weighted by Crippen LogP contribution is 2.30. The fourth-order valence-electron chi connectivity index (χ4n) is 1.24. The van der Waals surface area contributed by atoms with Gasteiger partial charge in [0, 0.05) is 19.8 Å². The third-order valence-electron chi connectivity index (χ3n) is 2.02. The standard InChI is InChI=1S/C9H14N3O3/c1-10(13)7-4-5-8(11(2)14)9(6-7)12(3)15/h4-6,14-15H,1-3H3/q-1. The lowest BCUT2D eigenvalue weighted by atomic mass is 10.2. The molecule has 2 N–H and O–H groups in total. The van der Waals surface area contributed by atoms with Crippen LogP contribution in [0.2, 0.25) is 0 Å². The van der Waals surface area contributed by atoms with Crippen molar-refractivity contribution in [3.63, 3.8) is 0 Å². The van der Waals surface area contributed by atoms with Crippen LogP contribution in [-0.4, -0.2) is 31.6 Å². The largest absolute Gasteiger partial charge is 0.758 e. The van der Waals surface area contributed by atoms with E-state index in [1.165, 1.54) is 27.2 Å². The van der Waals surface area contributed by atoms with Gasteiger partial charge in [-0.1, -0.05) is 0 Å². The van der Waals surface area contributed by atoms with Gasteiger partial charge in [-0.15, -0.1) is 0 Å². The Balaban J connectivity index is 3.21. The number of benzene rings is 1. The van der Waals surface area contributed by atoms with E-state index in [1.807, 2.05) is 0 Å². The fourth-order valence-corrected chi connectivity index (χ4v) is 1.24. The minimum absolute atomic E-state index is 0.347. The quantitative estimate of drug-likeness (QED) is 0.735. The summed E-state index contributed by atoms with van der Waals surface area (Å²) >= 11 is 0. The lowest BCUT2D eigenvalue weighted by molar-refractivity contribution is 0.265. The lowest BCUT2D eigenvalue weighted by Crippen LogP contribution is -2.18. The molecular weight excluding hydrogens is 198 g/mol. The maximum absolute atomic E-state index is 11.0. The molecule has 0 saturated carbocycles. The van der Waals surface area contributed by atoms with E-state index in [1.54, 1.807) is 12.1 Å². The van der Waals surface area contributed by atoms with Crippen molar-refractivity contribution in [2.24, 2.45) is 0 Å². The van der Waals surface area contributed by atoms with Gasteiger partial charge < -0.3 is 10.3 Å². The van der Waals surface area contributed by atoms with Gasteiger partial charge in [0.25, 0.3) is 0 Å². The molecule has 0 aliphatic carbocycles. The summed E-state index contributed by atoms with van der Waals surface area (Å²) in [5.74, 6) is 0. The van der Waals surface area contributed by atoms with Gasteiger partial charge in [0.2, 0.25) is 0 Å². The van der Waals surface area contributed by atoms with Crippen LogP contribution in [0.25, 0.3) is 0 Å². The SMILES string of the molecule is CN([O-])c1ccc(N(C)O)c(N(C)O)c1. The van der Waals surface area contributed by atoms with Crippen LogP contribution in [-0.2, 0) is 0 Å². The molecule has 1 rings (SSSR count). The number of hydrogen-bond acceptors (Lipinski definition) is 6. The fraction of sp³-hybridized carbons (Fsp3) is 0.333.